The van der Waals surface area contributed by atoms with Gasteiger partial charge in [-0.15, -0.1) is 0 Å². The molecule has 1 atom stereocenters. The van der Waals surface area contributed by atoms with E-state index in [1.807, 2.05) is 29.2 Å². The molecule has 1 amide bonds. The number of methoxy groups -OCH3 is 1. The molecule has 0 bridgehead atoms. The maximum absolute atomic E-state index is 12.4. The molecule has 1 fully saturated rings. The lowest BCUT2D eigenvalue weighted by Gasteiger charge is -2.24. The molecule has 0 spiro atoms. The van der Waals surface area contributed by atoms with Gasteiger partial charge in [-0.3, -0.25) is 4.79 Å². The molecule has 116 valence electrons. The first-order chi connectivity index (χ1) is 10.3. The number of benzene rings is 1. The van der Waals surface area contributed by atoms with Gasteiger partial charge in [0.05, 0.1) is 7.11 Å². The van der Waals surface area contributed by atoms with E-state index in [0.717, 1.165) is 43.5 Å². The SMILES string of the molecule is COc1ccccc1CCC(=O)N1CCCC1CCCO. The summed E-state index contributed by atoms with van der Waals surface area (Å²) in [6.45, 7) is 1.07. The lowest BCUT2D eigenvalue weighted by Crippen LogP contribution is -2.35. The zero-order chi connectivity index (χ0) is 15.1. The van der Waals surface area contributed by atoms with Crippen LogP contribution < -0.4 is 4.74 Å². The van der Waals surface area contributed by atoms with Crippen molar-refractivity contribution in [2.75, 3.05) is 20.3 Å². The maximum atomic E-state index is 12.4. The van der Waals surface area contributed by atoms with Gasteiger partial charge in [0.25, 0.3) is 0 Å². The third kappa shape index (κ3) is 4.21. The predicted molar refractivity (Wildman–Crippen MR) is 82.4 cm³/mol. The molecule has 1 aliphatic rings. The van der Waals surface area contributed by atoms with Crippen molar-refractivity contribution in [2.24, 2.45) is 0 Å². The van der Waals surface area contributed by atoms with Crippen LogP contribution in [0.4, 0.5) is 0 Å². The molecule has 4 nitrogen and oxygen atoms in total. The van der Waals surface area contributed by atoms with E-state index < -0.39 is 0 Å². The van der Waals surface area contributed by atoms with Crippen molar-refractivity contribution in [2.45, 2.75) is 44.6 Å². The van der Waals surface area contributed by atoms with Crippen LogP contribution in [0.2, 0.25) is 0 Å². The Morgan fingerprint density at radius 3 is 3.00 bits per heavy atom. The van der Waals surface area contributed by atoms with Gasteiger partial charge >= 0.3 is 0 Å². The number of aliphatic hydroxyl groups excluding tert-OH is 1. The smallest absolute Gasteiger partial charge is 0.223 e. The molecule has 1 N–H and O–H groups in total. The van der Waals surface area contributed by atoms with Gasteiger partial charge in [-0.2, -0.15) is 0 Å². The predicted octanol–water partition coefficient (Wildman–Crippen LogP) is 2.39. The standard InChI is InChI=1S/C17H25NO3/c1-21-16-9-3-2-6-14(16)10-11-17(20)18-12-4-7-15(18)8-5-13-19/h2-3,6,9,15,19H,4-5,7-8,10-13H2,1H3. The number of aliphatic hydroxyl groups is 1. The Balaban J connectivity index is 1.89. The van der Waals surface area contributed by atoms with Crippen LogP contribution in [0.1, 0.15) is 37.7 Å². The minimum atomic E-state index is 0.208. The van der Waals surface area contributed by atoms with Gasteiger partial charge in [0.15, 0.2) is 0 Å². The average Bonchev–Trinajstić information content (AvgIpc) is 2.99. The Labute approximate surface area is 126 Å². The van der Waals surface area contributed by atoms with Gasteiger partial charge in [-0.1, -0.05) is 18.2 Å². The van der Waals surface area contributed by atoms with Crippen molar-refractivity contribution in [3.05, 3.63) is 29.8 Å². The van der Waals surface area contributed by atoms with Gasteiger partial charge in [-0.25, -0.2) is 0 Å². The summed E-state index contributed by atoms with van der Waals surface area (Å²) in [7, 11) is 1.66. The highest BCUT2D eigenvalue weighted by molar-refractivity contribution is 5.77. The average molecular weight is 291 g/mol. The van der Waals surface area contributed by atoms with Gasteiger partial charge in [-0.05, 0) is 43.7 Å². The number of carbonyl (C=O) groups excluding carboxylic acids is 1. The number of amides is 1. The number of ether oxygens (including phenoxy) is 1. The Hall–Kier alpha value is -1.55. The molecule has 1 aliphatic heterocycles. The summed E-state index contributed by atoms with van der Waals surface area (Å²) in [5.74, 6) is 1.07. The minimum Gasteiger partial charge on any atom is -0.496 e. The third-order valence-electron chi connectivity index (χ3n) is 4.19. The summed E-state index contributed by atoms with van der Waals surface area (Å²) < 4.78 is 5.32. The fourth-order valence-electron chi connectivity index (χ4n) is 3.09. The normalized spacial score (nSPS) is 18.0. The number of aryl methyl sites for hydroxylation is 1. The Bertz CT molecular complexity index is 461. The van der Waals surface area contributed by atoms with E-state index >= 15 is 0 Å². The Morgan fingerprint density at radius 2 is 2.24 bits per heavy atom. The van der Waals surface area contributed by atoms with Crippen molar-refractivity contribution in [1.82, 2.24) is 4.90 Å². The molecule has 21 heavy (non-hydrogen) atoms. The highest BCUT2D eigenvalue weighted by Crippen LogP contribution is 2.24. The zero-order valence-corrected chi connectivity index (χ0v) is 12.8. The van der Waals surface area contributed by atoms with Crippen LogP contribution in [-0.4, -0.2) is 42.2 Å². The number of likely N-dealkylation sites (tertiary alicyclic amines) is 1. The van der Waals surface area contributed by atoms with Gasteiger partial charge in [0.1, 0.15) is 5.75 Å². The van der Waals surface area contributed by atoms with Gasteiger partial charge in [0.2, 0.25) is 5.91 Å². The van der Waals surface area contributed by atoms with E-state index in [9.17, 15) is 4.79 Å². The van der Waals surface area contributed by atoms with Crippen LogP contribution in [0.25, 0.3) is 0 Å². The molecular weight excluding hydrogens is 266 g/mol. The van der Waals surface area contributed by atoms with E-state index in [2.05, 4.69) is 0 Å². The highest BCUT2D eigenvalue weighted by Gasteiger charge is 2.27. The minimum absolute atomic E-state index is 0.208. The molecule has 4 heteroatoms. The van der Waals surface area contributed by atoms with Crippen LogP contribution in [-0.2, 0) is 11.2 Å². The van der Waals surface area contributed by atoms with E-state index in [4.69, 9.17) is 9.84 Å². The number of hydrogen-bond acceptors (Lipinski definition) is 3. The fraction of sp³-hybridized carbons (Fsp3) is 0.588. The van der Waals surface area contributed by atoms with Crippen LogP contribution in [0, 0.1) is 0 Å². The van der Waals surface area contributed by atoms with Gasteiger partial charge < -0.3 is 14.7 Å². The zero-order valence-electron chi connectivity index (χ0n) is 12.8. The topological polar surface area (TPSA) is 49.8 Å². The Morgan fingerprint density at radius 1 is 1.43 bits per heavy atom. The monoisotopic (exact) mass is 291 g/mol. The number of hydrogen-bond donors (Lipinski definition) is 1. The molecule has 1 aromatic carbocycles. The molecule has 0 aliphatic carbocycles. The van der Waals surface area contributed by atoms with E-state index in [1.165, 1.54) is 0 Å². The van der Waals surface area contributed by atoms with Gasteiger partial charge in [0, 0.05) is 25.6 Å². The lowest BCUT2D eigenvalue weighted by atomic mass is 10.1. The largest absolute Gasteiger partial charge is 0.496 e. The fourth-order valence-corrected chi connectivity index (χ4v) is 3.09. The quantitative estimate of drug-likeness (QED) is 0.839. The summed E-state index contributed by atoms with van der Waals surface area (Å²) in [4.78, 5) is 14.4. The van der Waals surface area contributed by atoms with Crippen molar-refractivity contribution < 1.29 is 14.6 Å². The summed E-state index contributed by atoms with van der Waals surface area (Å²) in [6, 6.07) is 8.18. The molecule has 1 aromatic rings. The van der Waals surface area contributed by atoms with Crippen molar-refractivity contribution in [1.29, 1.82) is 0 Å². The van der Waals surface area contributed by atoms with Crippen LogP contribution in [0.15, 0.2) is 24.3 Å². The number of carbonyl (C=O) groups is 1. The first-order valence-corrected chi connectivity index (χ1v) is 7.78. The maximum Gasteiger partial charge on any atom is 0.223 e. The molecular formula is C17H25NO3. The number of rotatable bonds is 7. The molecule has 2 rings (SSSR count). The van der Waals surface area contributed by atoms with Crippen molar-refractivity contribution in [3.63, 3.8) is 0 Å². The van der Waals surface area contributed by atoms with Crippen LogP contribution in [0.3, 0.4) is 0 Å². The summed E-state index contributed by atoms with van der Waals surface area (Å²) in [6.07, 6.45) is 5.08. The Kier molecular flexibility index (Phi) is 6.05. The van der Waals surface area contributed by atoms with E-state index in [0.29, 0.717) is 18.9 Å². The molecule has 1 heterocycles. The second-order valence-corrected chi connectivity index (χ2v) is 5.56. The van der Waals surface area contributed by atoms with E-state index in [1.54, 1.807) is 7.11 Å². The summed E-state index contributed by atoms with van der Waals surface area (Å²) in [5.41, 5.74) is 1.08. The van der Waals surface area contributed by atoms with Crippen LogP contribution in [0.5, 0.6) is 5.75 Å². The first kappa shape index (κ1) is 15.8. The molecule has 0 saturated carbocycles. The molecule has 1 unspecified atom stereocenters. The third-order valence-corrected chi connectivity index (χ3v) is 4.19. The summed E-state index contributed by atoms with van der Waals surface area (Å²) >= 11 is 0. The summed E-state index contributed by atoms with van der Waals surface area (Å²) in [5, 5.41) is 8.94. The number of para-hydroxylation sites is 1. The highest BCUT2D eigenvalue weighted by atomic mass is 16.5. The molecule has 0 aromatic heterocycles. The van der Waals surface area contributed by atoms with E-state index in [-0.39, 0.29) is 12.5 Å². The molecule has 1 saturated heterocycles. The molecule has 0 radical (unpaired) electrons. The second kappa shape index (κ2) is 8.03. The number of nitrogens with zero attached hydrogens (tertiary/aromatic N) is 1. The van der Waals surface area contributed by atoms with Crippen molar-refractivity contribution >= 4 is 5.91 Å². The lowest BCUT2D eigenvalue weighted by molar-refractivity contribution is -0.132. The second-order valence-electron chi connectivity index (χ2n) is 5.56. The first-order valence-electron chi connectivity index (χ1n) is 7.78. The van der Waals surface area contributed by atoms with Crippen molar-refractivity contribution in [3.8, 4) is 5.75 Å². The van der Waals surface area contributed by atoms with Crippen LogP contribution >= 0.6 is 0 Å².